The van der Waals surface area contributed by atoms with Crippen LogP contribution < -0.4 is 0 Å². The molecular weight excluding hydrogens is 328 g/mol. The van der Waals surface area contributed by atoms with Gasteiger partial charge in [-0.1, -0.05) is 24.6 Å². The van der Waals surface area contributed by atoms with Crippen molar-refractivity contribution in [2.75, 3.05) is 13.7 Å². The van der Waals surface area contributed by atoms with Crippen LogP contribution in [0, 0.1) is 5.92 Å². The zero-order valence-corrected chi connectivity index (χ0v) is 15.3. The Balaban J connectivity index is 2.81. The van der Waals surface area contributed by atoms with Crippen LogP contribution in [0.3, 0.4) is 0 Å². The minimum atomic E-state index is -0.611. The molecule has 0 saturated carbocycles. The molecule has 0 aromatic rings. The third-order valence-electron chi connectivity index (χ3n) is 3.97. The molecule has 0 saturated heterocycles. The lowest BCUT2D eigenvalue weighted by Gasteiger charge is -2.34. The van der Waals surface area contributed by atoms with Crippen LogP contribution in [0.5, 0.6) is 0 Å². The van der Waals surface area contributed by atoms with Gasteiger partial charge in [0.1, 0.15) is 18.8 Å². The fraction of sp³-hybridized carbons (Fsp3) is 0.611. The normalized spacial score (nSPS) is 24.4. The van der Waals surface area contributed by atoms with Crippen molar-refractivity contribution in [2.45, 2.75) is 52.4 Å². The van der Waals surface area contributed by atoms with Gasteiger partial charge in [-0.15, -0.1) is 0 Å². The Morgan fingerprint density at radius 2 is 1.84 bits per heavy atom. The monoisotopic (exact) mass is 354 g/mol. The third-order valence-corrected chi connectivity index (χ3v) is 3.97. The van der Waals surface area contributed by atoms with E-state index in [1.54, 1.807) is 12.2 Å². The summed E-state index contributed by atoms with van der Waals surface area (Å²) in [5.74, 6) is -1.20. The van der Waals surface area contributed by atoms with Crippen molar-refractivity contribution in [3.05, 3.63) is 23.8 Å². The molecule has 4 atom stereocenters. The molecule has 0 amide bonds. The van der Waals surface area contributed by atoms with Gasteiger partial charge >= 0.3 is 17.9 Å². The Bertz CT molecular complexity index is 550. The molecule has 1 aliphatic heterocycles. The average Bonchev–Trinajstić information content (AvgIpc) is 2.57. The topological polar surface area (TPSA) is 88.1 Å². The van der Waals surface area contributed by atoms with Crippen LogP contribution in [0.25, 0.3) is 0 Å². The fourth-order valence-electron chi connectivity index (χ4n) is 2.37. The zero-order chi connectivity index (χ0) is 19.0. The highest BCUT2D eigenvalue weighted by Gasteiger charge is 2.33. The molecule has 0 radical (unpaired) electrons. The van der Waals surface area contributed by atoms with Gasteiger partial charge in [0.2, 0.25) is 0 Å². The van der Waals surface area contributed by atoms with Gasteiger partial charge in [-0.25, -0.2) is 0 Å². The molecule has 0 aliphatic carbocycles. The summed E-state index contributed by atoms with van der Waals surface area (Å²) in [6.07, 6.45) is 4.06. The number of ether oxygens (including phenoxy) is 4. The van der Waals surface area contributed by atoms with Crippen LogP contribution in [-0.4, -0.2) is 49.9 Å². The minimum absolute atomic E-state index is 0.00817. The molecule has 1 rings (SSSR count). The van der Waals surface area contributed by atoms with Crippen LogP contribution in [0.2, 0.25) is 0 Å². The molecule has 1 aliphatic rings. The van der Waals surface area contributed by atoms with Crippen molar-refractivity contribution >= 4 is 17.9 Å². The van der Waals surface area contributed by atoms with Gasteiger partial charge in [0, 0.05) is 19.8 Å². The number of esters is 3. The highest BCUT2D eigenvalue weighted by molar-refractivity contribution is 5.71. The maximum Gasteiger partial charge on any atom is 0.309 e. The molecule has 0 fully saturated rings. The summed E-state index contributed by atoms with van der Waals surface area (Å²) in [7, 11) is 1.34. The predicted molar refractivity (Wildman–Crippen MR) is 89.5 cm³/mol. The standard InChI is InChI=1S/C18H26O7/c1-11(6-9-18(21)22-5)12(2)15-7-8-16(24-14(4)20)17(25-15)10-23-13(3)19/h6-8,12,15-17H,9-10H2,1-5H3/b11-6+/t12-,15-,16-,17+/m0/s1. The molecule has 0 aromatic heterocycles. The predicted octanol–water partition coefficient (Wildman–Crippen LogP) is 1.95. The molecule has 25 heavy (non-hydrogen) atoms. The van der Waals surface area contributed by atoms with E-state index in [-0.39, 0.29) is 31.0 Å². The smallest absolute Gasteiger partial charge is 0.309 e. The first kappa shape index (κ1) is 20.9. The number of rotatable bonds is 7. The number of hydrogen-bond donors (Lipinski definition) is 0. The van der Waals surface area contributed by atoms with E-state index >= 15 is 0 Å². The lowest BCUT2D eigenvalue weighted by Crippen LogP contribution is -2.43. The zero-order valence-electron chi connectivity index (χ0n) is 15.3. The first-order chi connectivity index (χ1) is 11.7. The van der Waals surface area contributed by atoms with Crippen molar-refractivity contribution < 1.29 is 33.3 Å². The van der Waals surface area contributed by atoms with Crippen molar-refractivity contribution in [3.63, 3.8) is 0 Å². The van der Waals surface area contributed by atoms with Gasteiger partial charge < -0.3 is 18.9 Å². The van der Waals surface area contributed by atoms with E-state index in [1.165, 1.54) is 21.0 Å². The lowest BCUT2D eigenvalue weighted by molar-refractivity contribution is -0.164. The van der Waals surface area contributed by atoms with Crippen molar-refractivity contribution in [1.82, 2.24) is 0 Å². The Labute approximate surface area is 147 Å². The second-order valence-electron chi connectivity index (χ2n) is 5.92. The summed E-state index contributed by atoms with van der Waals surface area (Å²) in [6.45, 7) is 6.48. The van der Waals surface area contributed by atoms with Gasteiger partial charge in [0.15, 0.2) is 0 Å². The second kappa shape index (κ2) is 9.98. The number of carbonyl (C=O) groups excluding carboxylic acids is 3. The summed E-state index contributed by atoms with van der Waals surface area (Å²) >= 11 is 0. The molecular formula is C18H26O7. The van der Waals surface area contributed by atoms with Crippen LogP contribution in [0.4, 0.5) is 0 Å². The van der Waals surface area contributed by atoms with E-state index in [0.717, 1.165) is 5.57 Å². The van der Waals surface area contributed by atoms with Crippen LogP contribution in [-0.2, 0) is 33.3 Å². The number of hydrogen-bond acceptors (Lipinski definition) is 7. The summed E-state index contributed by atoms with van der Waals surface area (Å²) in [5.41, 5.74) is 0.970. The molecule has 7 nitrogen and oxygen atoms in total. The number of methoxy groups -OCH3 is 1. The van der Waals surface area contributed by atoms with E-state index in [1.807, 2.05) is 19.9 Å². The summed E-state index contributed by atoms with van der Waals surface area (Å²) in [5, 5.41) is 0. The maximum absolute atomic E-state index is 11.3. The third kappa shape index (κ3) is 7.09. The quantitative estimate of drug-likeness (QED) is 0.392. The Morgan fingerprint density at radius 1 is 1.16 bits per heavy atom. The fourth-order valence-corrected chi connectivity index (χ4v) is 2.37. The van der Waals surface area contributed by atoms with Gasteiger partial charge in [-0.2, -0.15) is 0 Å². The molecule has 7 heteroatoms. The van der Waals surface area contributed by atoms with Crippen LogP contribution >= 0.6 is 0 Å². The summed E-state index contributed by atoms with van der Waals surface area (Å²) < 4.78 is 20.8. The first-order valence-corrected chi connectivity index (χ1v) is 8.12. The van der Waals surface area contributed by atoms with Crippen molar-refractivity contribution in [1.29, 1.82) is 0 Å². The Hall–Kier alpha value is -2.15. The molecule has 1 heterocycles. The summed E-state index contributed by atoms with van der Waals surface area (Å²) in [4.78, 5) is 33.5. The Kier molecular flexibility index (Phi) is 8.34. The van der Waals surface area contributed by atoms with Gasteiger partial charge in [-0.3, -0.25) is 14.4 Å². The summed E-state index contributed by atoms with van der Waals surface area (Å²) in [6, 6.07) is 0. The van der Waals surface area contributed by atoms with E-state index in [2.05, 4.69) is 4.74 Å². The largest absolute Gasteiger partial charge is 0.469 e. The first-order valence-electron chi connectivity index (χ1n) is 8.12. The van der Waals surface area contributed by atoms with Gasteiger partial charge in [0.05, 0.1) is 19.6 Å². The highest BCUT2D eigenvalue weighted by atomic mass is 16.6. The number of carbonyl (C=O) groups is 3. The molecule has 0 bridgehead atoms. The minimum Gasteiger partial charge on any atom is -0.469 e. The van der Waals surface area contributed by atoms with Crippen LogP contribution in [0.15, 0.2) is 23.8 Å². The van der Waals surface area contributed by atoms with E-state index in [4.69, 9.17) is 14.2 Å². The molecule has 140 valence electrons. The SMILES string of the molecule is COC(=O)C/C=C(\C)[C@H](C)[C@@H]1C=C[C@H](OC(C)=O)[C@@H](COC(C)=O)O1. The van der Waals surface area contributed by atoms with E-state index in [9.17, 15) is 14.4 Å². The lowest BCUT2D eigenvalue weighted by atomic mass is 9.92. The molecule has 0 aromatic carbocycles. The van der Waals surface area contributed by atoms with Crippen molar-refractivity contribution in [3.8, 4) is 0 Å². The van der Waals surface area contributed by atoms with Crippen molar-refractivity contribution in [2.24, 2.45) is 5.92 Å². The van der Waals surface area contributed by atoms with Gasteiger partial charge in [-0.05, 0) is 13.0 Å². The highest BCUT2D eigenvalue weighted by Crippen LogP contribution is 2.26. The Morgan fingerprint density at radius 3 is 2.40 bits per heavy atom. The van der Waals surface area contributed by atoms with E-state index < -0.39 is 24.1 Å². The molecule has 0 N–H and O–H groups in total. The second-order valence-corrected chi connectivity index (χ2v) is 5.92. The van der Waals surface area contributed by atoms with E-state index in [0.29, 0.717) is 0 Å². The molecule has 0 unspecified atom stereocenters. The maximum atomic E-state index is 11.3. The van der Waals surface area contributed by atoms with Gasteiger partial charge in [0.25, 0.3) is 0 Å². The van der Waals surface area contributed by atoms with Crippen LogP contribution in [0.1, 0.15) is 34.1 Å². The molecule has 0 spiro atoms. The average molecular weight is 354 g/mol.